The second-order valence-electron chi connectivity index (χ2n) is 5.89. The van der Waals surface area contributed by atoms with Crippen molar-refractivity contribution in [3.63, 3.8) is 0 Å². The standard InChI is InChI=1S/C19H22N4O3/c1-23-18-16(12-21-23)15(19(24)20-9-4-10-25-2)11-17(22-18)13-5-7-14(26-3)8-6-13/h5-8,11-12H,4,9-10H2,1-3H3,(H,20,24). The average Bonchev–Trinajstić information content (AvgIpc) is 3.05. The quantitative estimate of drug-likeness (QED) is 0.659. The maximum atomic E-state index is 12.7. The van der Waals surface area contributed by atoms with Gasteiger partial charge in [0.25, 0.3) is 5.91 Å². The number of methoxy groups -OCH3 is 2. The van der Waals surface area contributed by atoms with Crippen LogP contribution in [-0.4, -0.2) is 48.0 Å². The highest BCUT2D eigenvalue weighted by Crippen LogP contribution is 2.26. The van der Waals surface area contributed by atoms with Gasteiger partial charge in [0.15, 0.2) is 5.65 Å². The lowest BCUT2D eigenvalue weighted by Crippen LogP contribution is -2.25. The third kappa shape index (κ3) is 3.67. The molecule has 0 fully saturated rings. The van der Waals surface area contributed by atoms with Crippen molar-refractivity contribution in [3.8, 4) is 17.0 Å². The van der Waals surface area contributed by atoms with E-state index in [2.05, 4.69) is 15.4 Å². The molecule has 0 aliphatic heterocycles. The van der Waals surface area contributed by atoms with E-state index in [-0.39, 0.29) is 5.91 Å². The molecule has 1 amide bonds. The molecule has 0 radical (unpaired) electrons. The molecule has 7 nitrogen and oxygen atoms in total. The van der Waals surface area contributed by atoms with Gasteiger partial charge >= 0.3 is 0 Å². The molecule has 7 heteroatoms. The van der Waals surface area contributed by atoms with Gasteiger partial charge in [0.1, 0.15) is 5.75 Å². The van der Waals surface area contributed by atoms with Gasteiger partial charge in [-0.1, -0.05) is 0 Å². The first-order valence-corrected chi connectivity index (χ1v) is 8.38. The number of rotatable bonds is 7. The summed E-state index contributed by atoms with van der Waals surface area (Å²) in [7, 11) is 5.08. The predicted molar refractivity (Wildman–Crippen MR) is 99.3 cm³/mol. The Morgan fingerprint density at radius 3 is 2.69 bits per heavy atom. The molecule has 3 aromatic rings. The number of nitrogens with zero attached hydrogens (tertiary/aromatic N) is 3. The van der Waals surface area contributed by atoms with Crippen LogP contribution in [0.15, 0.2) is 36.5 Å². The fourth-order valence-corrected chi connectivity index (χ4v) is 2.73. The SMILES string of the molecule is COCCCNC(=O)c1cc(-c2ccc(OC)cc2)nc2c1cnn2C. The van der Waals surface area contributed by atoms with E-state index in [0.29, 0.717) is 30.1 Å². The van der Waals surface area contributed by atoms with E-state index >= 15 is 0 Å². The fraction of sp³-hybridized carbons (Fsp3) is 0.316. The van der Waals surface area contributed by atoms with Gasteiger partial charge in [0.05, 0.1) is 30.0 Å². The van der Waals surface area contributed by atoms with Crippen LogP contribution in [0, 0.1) is 0 Å². The third-order valence-electron chi connectivity index (χ3n) is 4.15. The highest BCUT2D eigenvalue weighted by Gasteiger charge is 2.16. The third-order valence-corrected chi connectivity index (χ3v) is 4.15. The Bertz CT molecular complexity index is 903. The normalized spacial score (nSPS) is 10.9. The van der Waals surface area contributed by atoms with Crippen molar-refractivity contribution in [3.05, 3.63) is 42.1 Å². The van der Waals surface area contributed by atoms with Crippen LogP contribution in [-0.2, 0) is 11.8 Å². The number of hydrogen-bond donors (Lipinski definition) is 1. The molecule has 26 heavy (non-hydrogen) atoms. The van der Waals surface area contributed by atoms with E-state index in [4.69, 9.17) is 9.47 Å². The van der Waals surface area contributed by atoms with Gasteiger partial charge in [-0.15, -0.1) is 0 Å². The number of pyridine rings is 1. The van der Waals surface area contributed by atoms with Crippen molar-refractivity contribution < 1.29 is 14.3 Å². The Labute approximate surface area is 151 Å². The summed E-state index contributed by atoms with van der Waals surface area (Å²) in [5, 5.41) is 7.90. The number of nitrogens with one attached hydrogen (secondary N) is 1. The number of carbonyl (C=O) groups excluding carboxylic acids is 1. The van der Waals surface area contributed by atoms with Crippen molar-refractivity contribution in [2.24, 2.45) is 7.05 Å². The summed E-state index contributed by atoms with van der Waals surface area (Å²) in [5.41, 5.74) is 2.85. The van der Waals surface area contributed by atoms with Crippen LogP contribution >= 0.6 is 0 Å². The minimum atomic E-state index is -0.142. The molecule has 0 saturated carbocycles. The summed E-state index contributed by atoms with van der Waals surface area (Å²) in [4.78, 5) is 17.4. The zero-order valence-electron chi connectivity index (χ0n) is 15.2. The zero-order chi connectivity index (χ0) is 18.5. The van der Waals surface area contributed by atoms with Crippen LogP contribution in [0.3, 0.4) is 0 Å². The van der Waals surface area contributed by atoms with Crippen molar-refractivity contribution in [2.75, 3.05) is 27.4 Å². The molecule has 0 aliphatic rings. The smallest absolute Gasteiger partial charge is 0.252 e. The number of aromatic nitrogens is 3. The first-order valence-electron chi connectivity index (χ1n) is 8.38. The molecule has 0 aliphatic carbocycles. The van der Waals surface area contributed by atoms with Gasteiger partial charge in [0, 0.05) is 32.9 Å². The summed E-state index contributed by atoms with van der Waals surface area (Å²) >= 11 is 0. The van der Waals surface area contributed by atoms with E-state index in [1.54, 1.807) is 31.2 Å². The molecule has 136 valence electrons. The molecule has 1 N–H and O–H groups in total. The largest absolute Gasteiger partial charge is 0.497 e. The first-order chi connectivity index (χ1) is 12.6. The fourth-order valence-electron chi connectivity index (χ4n) is 2.73. The van der Waals surface area contributed by atoms with Gasteiger partial charge in [-0.2, -0.15) is 5.10 Å². The van der Waals surface area contributed by atoms with Crippen LogP contribution < -0.4 is 10.1 Å². The number of carbonyl (C=O) groups is 1. The van der Waals surface area contributed by atoms with Gasteiger partial charge in [-0.25, -0.2) is 4.98 Å². The summed E-state index contributed by atoms with van der Waals surface area (Å²) in [6, 6.07) is 9.38. The Morgan fingerprint density at radius 1 is 1.23 bits per heavy atom. The molecule has 2 heterocycles. The monoisotopic (exact) mass is 354 g/mol. The van der Waals surface area contributed by atoms with Gasteiger partial charge in [-0.05, 0) is 36.8 Å². The molecule has 3 rings (SSSR count). The average molecular weight is 354 g/mol. The van der Waals surface area contributed by atoms with E-state index in [1.165, 1.54) is 0 Å². The van der Waals surface area contributed by atoms with Crippen molar-refractivity contribution in [1.82, 2.24) is 20.1 Å². The Balaban J connectivity index is 1.97. The minimum Gasteiger partial charge on any atom is -0.497 e. The first kappa shape index (κ1) is 17.9. The second kappa shape index (κ2) is 7.97. The molecular formula is C19H22N4O3. The van der Waals surface area contributed by atoms with E-state index < -0.39 is 0 Å². The number of amides is 1. The van der Waals surface area contributed by atoms with Gasteiger partial charge in [0.2, 0.25) is 0 Å². The predicted octanol–water partition coefficient (Wildman–Crippen LogP) is 2.41. The number of fused-ring (bicyclic) bond motifs is 1. The lowest BCUT2D eigenvalue weighted by molar-refractivity contribution is 0.0950. The van der Waals surface area contributed by atoms with Gasteiger partial charge in [-0.3, -0.25) is 9.48 Å². The van der Waals surface area contributed by atoms with Crippen molar-refractivity contribution in [2.45, 2.75) is 6.42 Å². The molecule has 0 atom stereocenters. The van der Waals surface area contributed by atoms with Crippen molar-refractivity contribution in [1.29, 1.82) is 0 Å². The number of hydrogen-bond acceptors (Lipinski definition) is 5. The molecule has 1 aromatic carbocycles. The Hall–Kier alpha value is -2.93. The maximum Gasteiger partial charge on any atom is 0.252 e. The Morgan fingerprint density at radius 2 is 2.00 bits per heavy atom. The lowest BCUT2D eigenvalue weighted by atomic mass is 10.1. The summed E-state index contributed by atoms with van der Waals surface area (Å²) in [5.74, 6) is 0.628. The zero-order valence-corrected chi connectivity index (χ0v) is 15.2. The topological polar surface area (TPSA) is 78.3 Å². The molecule has 0 saturated heterocycles. The highest BCUT2D eigenvalue weighted by molar-refractivity contribution is 6.06. The molecule has 0 unspecified atom stereocenters. The van der Waals surface area contributed by atoms with Crippen LogP contribution in [0.4, 0.5) is 0 Å². The molecule has 0 spiro atoms. The second-order valence-corrected chi connectivity index (χ2v) is 5.89. The Kier molecular flexibility index (Phi) is 5.48. The van der Waals surface area contributed by atoms with E-state index in [9.17, 15) is 4.79 Å². The van der Waals surface area contributed by atoms with E-state index in [0.717, 1.165) is 23.1 Å². The van der Waals surface area contributed by atoms with Crippen LogP contribution in [0.2, 0.25) is 0 Å². The van der Waals surface area contributed by atoms with Crippen LogP contribution in [0.5, 0.6) is 5.75 Å². The van der Waals surface area contributed by atoms with Gasteiger partial charge < -0.3 is 14.8 Å². The molecular weight excluding hydrogens is 332 g/mol. The van der Waals surface area contributed by atoms with E-state index in [1.807, 2.05) is 31.3 Å². The summed E-state index contributed by atoms with van der Waals surface area (Å²) in [6.07, 6.45) is 2.43. The number of ether oxygens (including phenoxy) is 2. The summed E-state index contributed by atoms with van der Waals surface area (Å²) < 4.78 is 11.9. The van der Waals surface area contributed by atoms with Crippen molar-refractivity contribution >= 4 is 16.9 Å². The molecule has 2 aromatic heterocycles. The minimum absolute atomic E-state index is 0.142. The highest BCUT2D eigenvalue weighted by atomic mass is 16.5. The number of aryl methyl sites for hydroxylation is 1. The maximum absolute atomic E-state index is 12.7. The summed E-state index contributed by atoms with van der Waals surface area (Å²) in [6.45, 7) is 1.16. The lowest BCUT2D eigenvalue weighted by Gasteiger charge is -2.09. The number of benzene rings is 1. The molecule has 0 bridgehead atoms. The van der Waals surface area contributed by atoms with Crippen LogP contribution in [0.1, 0.15) is 16.8 Å². The van der Waals surface area contributed by atoms with Crippen LogP contribution in [0.25, 0.3) is 22.3 Å².